The molecule has 0 saturated carbocycles. The Morgan fingerprint density at radius 3 is 2.56 bits per heavy atom. The van der Waals surface area contributed by atoms with Crippen LogP contribution in [0, 0.1) is 0 Å². The number of nitrogens with one attached hydrogen (secondary N) is 1. The van der Waals surface area contributed by atoms with Crippen LogP contribution >= 0.6 is 0 Å². The van der Waals surface area contributed by atoms with E-state index in [4.69, 9.17) is 4.74 Å². The molecule has 16 heavy (non-hydrogen) atoms. The molecule has 0 aromatic carbocycles. The molecule has 1 atom stereocenters. The standard InChI is InChI=1S/C13H28N2O/c1-4-14-12(3)6-9-15-10-7-13(8-11-15)16-5-2/h12-14H,4-11H2,1-3H3. The van der Waals surface area contributed by atoms with Crippen LogP contribution in [0.15, 0.2) is 0 Å². The maximum atomic E-state index is 5.66. The third-order valence-corrected chi connectivity index (χ3v) is 3.37. The summed E-state index contributed by atoms with van der Waals surface area (Å²) in [5.41, 5.74) is 0. The fraction of sp³-hybridized carbons (Fsp3) is 1.00. The number of rotatable bonds is 7. The van der Waals surface area contributed by atoms with Crippen molar-refractivity contribution in [3.8, 4) is 0 Å². The average molecular weight is 228 g/mol. The zero-order chi connectivity index (χ0) is 11.8. The lowest BCUT2D eigenvalue weighted by atomic mass is 10.1. The summed E-state index contributed by atoms with van der Waals surface area (Å²) in [4.78, 5) is 2.57. The van der Waals surface area contributed by atoms with Crippen LogP contribution in [0.4, 0.5) is 0 Å². The molecule has 3 heteroatoms. The van der Waals surface area contributed by atoms with E-state index in [-0.39, 0.29) is 0 Å². The van der Waals surface area contributed by atoms with E-state index in [1.807, 2.05) is 0 Å². The van der Waals surface area contributed by atoms with Crippen molar-refractivity contribution in [1.82, 2.24) is 10.2 Å². The Morgan fingerprint density at radius 1 is 1.31 bits per heavy atom. The lowest BCUT2D eigenvalue weighted by Crippen LogP contribution is -2.39. The molecule has 0 amide bonds. The smallest absolute Gasteiger partial charge is 0.0599 e. The van der Waals surface area contributed by atoms with E-state index < -0.39 is 0 Å². The van der Waals surface area contributed by atoms with Gasteiger partial charge in [-0.1, -0.05) is 6.92 Å². The predicted molar refractivity (Wildman–Crippen MR) is 68.8 cm³/mol. The van der Waals surface area contributed by atoms with Crippen molar-refractivity contribution in [2.75, 3.05) is 32.8 Å². The molecule has 0 bridgehead atoms. The van der Waals surface area contributed by atoms with E-state index in [0.717, 1.165) is 13.2 Å². The zero-order valence-electron chi connectivity index (χ0n) is 11.2. The van der Waals surface area contributed by atoms with E-state index in [0.29, 0.717) is 12.1 Å². The summed E-state index contributed by atoms with van der Waals surface area (Å²) >= 11 is 0. The van der Waals surface area contributed by atoms with Crippen molar-refractivity contribution >= 4 is 0 Å². The Kier molecular flexibility index (Phi) is 7.01. The fourth-order valence-electron chi connectivity index (χ4n) is 2.36. The fourth-order valence-corrected chi connectivity index (χ4v) is 2.36. The molecule has 1 heterocycles. The van der Waals surface area contributed by atoms with E-state index >= 15 is 0 Å². The van der Waals surface area contributed by atoms with Crippen molar-refractivity contribution in [2.45, 2.75) is 52.2 Å². The maximum Gasteiger partial charge on any atom is 0.0599 e. The topological polar surface area (TPSA) is 24.5 Å². The predicted octanol–water partition coefficient (Wildman–Crippen LogP) is 1.88. The van der Waals surface area contributed by atoms with Crippen LogP contribution in [0.3, 0.4) is 0 Å². The first-order valence-corrected chi connectivity index (χ1v) is 6.83. The first-order valence-electron chi connectivity index (χ1n) is 6.83. The average Bonchev–Trinajstić information content (AvgIpc) is 2.29. The van der Waals surface area contributed by atoms with Gasteiger partial charge in [0.25, 0.3) is 0 Å². The molecule has 1 saturated heterocycles. The number of nitrogens with zero attached hydrogens (tertiary/aromatic N) is 1. The Labute approximate surface area is 101 Å². The number of piperidine rings is 1. The lowest BCUT2D eigenvalue weighted by Gasteiger charge is -2.32. The summed E-state index contributed by atoms with van der Waals surface area (Å²) in [5.74, 6) is 0. The van der Waals surface area contributed by atoms with Crippen molar-refractivity contribution in [1.29, 1.82) is 0 Å². The lowest BCUT2D eigenvalue weighted by molar-refractivity contribution is 0.0137. The van der Waals surface area contributed by atoms with Crippen LogP contribution in [0.1, 0.15) is 40.0 Å². The van der Waals surface area contributed by atoms with Crippen LogP contribution in [-0.4, -0.2) is 49.8 Å². The highest BCUT2D eigenvalue weighted by Crippen LogP contribution is 2.13. The summed E-state index contributed by atoms with van der Waals surface area (Å²) in [6.07, 6.45) is 4.20. The summed E-state index contributed by atoms with van der Waals surface area (Å²) in [6, 6.07) is 0.648. The van der Waals surface area contributed by atoms with Crippen LogP contribution < -0.4 is 5.32 Å². The van der Waals surface area contributed by atoms with Crippen molar-refractivity contribution in [3.05, 3.63) is 0 Å². The van der Waals surface area contributed by atoms with Crippen LogP contribution in [0.25, 0.3) is 0 Å². The molecule has 1 aliphatic rings. The highest BCUT2D eigenvalue weighted by Gasteiger charge is 2.19. The molecule has 1 fully saturated rings. The number of hydrogen-bond acceptors (Lipinski definition) is 3. The summed E-state index contributed by atoms with van der Waals surface area (Å²) in [6.45, 7) is 12.1. The third kappa shape index (κ3) is 5.28. The zero-order valence-corrected chi connectivity index (χ0v) is 11.2. The number of likely N-dealkylation sites (tertiary alicyclic amines) is 1. The normalized spacial score (nSPS) is 21.2. The molecule has 0 radical (unpaired) electrons. The second-order valence-electron chi connectivity index (χ2n) is 4.74. The molecule has 3 nitrogen and oxygen atoms in total. The van der Waals surface area contributed by atoms with Crippen molar-refractivity contribution < 1.29 is 4.74 Å². The minimum Gasteiger partial charge on any atom is -0.378 e. The second-order valence-corrected chi connectivity index (χ2v) is 4.74. The minimum atomic E-state index is 0.521. The highest BCUT2D eigenvalue weighted by atomic mass is 16.5. The van der Waals surface area contributed by atoms with E-state index in [9.17, 15) is 0 Å². The van der Waals surface area contributed by atoms with Gasteiger partial charge in [0, 0.05) is 25.7 Å². The molecule has 1 N–H and O–H groups in total. The molecule has 1 rings (SSSR count). The van der Waals surface area contributed by atoms with E-state index in [1.54, 1.807) is 0 Å². The number of ether oxygens (including phenoxy) is 1. The monoisotopic (exact) mass is 228 g/mol. The summed E-state index contributed by atoms with van der Waals surface area (Å²) in [7, 11) is 0. The first kappa shape index (κ1) is 13.9. The molecule has 0 aromatic rings. The Bertz CT molecular complexity index is 167. The third-order valence-electron chi connectivity index (χ3n) is 3.37. The maximum absolute atomic E-state index is 5.66. The molecule has 0 spiro atoms. The van der Waals surface area contributed by atoms with Gasteiger partial charge in [-0.05, 0) is 46.2 Å². The molecule has 0 aromatic heterocycles. The van der Waals surface area contributed by atoms with Crippen LogP contribution in [0.5, 0.6) is 0 Å². The van der Waals surface area contributed by atoms with Gasteiger partial charge in [-0.25, -0.2) is 0 Å². The van der Waals surface area contributed by atoms with Gasteiger partial charge in [0.05, 0.1) is 6.10 Å². The van der Waals surface area contributed by atoms with E-state index in [2.05, 4.69) is 31.0 Å². The van der Waals surface area contributed by atoms with Crippen LogP contribution in [-0.2, 0) is 4.74 Å². The summed E-state index contributed by atoms with van der Waals surface area (Å²) in [5, 5.41) is 3.46. The van der Waals surface area contributed by atoms with E-state index in [1.165, 1.54) is 38.9 Å². The number of hydrogen-bond donors (Lipinski definition) is 1. The molecule has 96 valence electrons. The molecule has 1 unspecified atom stereocenters. The Hall–Kier alpha value is -0.120. The molecular formula is C13H28N2O. The molecule has 0 aliphatic carbocycles. The highest BCUT2D eigenvalue weighted by molar-refractivity contribution is 4.73. The Balaban J connectivity index is 2.07. The van der Waals surface area contributed by atoms with Gasteiger partial charge in [0.15, 0.2) is 0 Å². The van der Waals surface area contributed by atoms with Gasteiger partial charge < -0.3 is 15.0 Å². The minimum absolute atomic E-state index is 0.521. The Morgan fingerprint density at radius 2 is 2.00 bits per heavy atom. The van der Waals surface area contributed by atoms with Crippen molar-refractivity contribution in [2.24, 2.45) is 0 Å². The van der Waals surface area contributed by atoms with Crippen molar-refractivity contribution in [3.63, 3.8) is 0 Å². The van der Waals surface area contributed by atoms with Crippen LogP contribution in [0.2, 0.25) is 0 Å². The molecule has 1 aliphatic heterocycles. The molecular weight excluding hydrogens is 200 g/mol. The largest absolute Gasteiger partial charge is 0.378 e. The van der Waals surface area contributed by atoms with Gasteiger partial charge in [-0.15, -0.1) is 0 Å². The van der Waals surface area contributed by atoms with Gasteiger partial charge in [0.1, 0.15) is 0 Å². The quantitative estimate of drug-likeness (QED) is 0.720. The van der Waals surface area contributed by atoms with Gasteiger partial charge in [0.2, 0.25) is 0 Å². The first-order chi connectivity index (χ1) is 7.76. The summed E-state index contributed by atoms with van der Waals surface area (Å²) < 4.78 is 5.66. The van der Waals surface area contributed by atoms with Gasteiger partial charge >= 0.3 is 0 Å². The van der Waals surface area contributed by atoms with Gasteiger partial charge in [-0.2, -0.15) is 0 Å². The SMILES string of the molecule is CCNC(C)CCN1CCC(OCC)CC1. The van der Waals surface area contributed by atoms with Gasteiger partial charge in [-0.3, -0.25) is 0 Å². The second kappa shape index (κ2) is 8.04.